The number of nitrogens with two attached hydrogens (primary N) is 1. The fraction of sp³-hybridized carbons (Fsp3) is 0.143. The normalized spacial score (nSPS) is 13.1. The summed E-state index contributed by atoms with van der Waals surface area (Å²) in [6.07, 6.45) is 0. The highest BCUT2D eigenvalue weighted by atomic mass is 16.6. The molecule has 4 heteroatoms. The summed E-state index contributed by atoms with van der Waals surface area (Å²) in [6.45, 7) is 1.13. The number of hydrogen-bond donors (Lipinski definition) is 2. The molecule has 0 spiro atoms. The lowest BCUT2D eigenvalue weighted by Crippen LogP contribution is -2.15. The standard InChI is InChI=1S/C14H13N2O2/c15-11-8-13-14(18-7-6-17-13)9-12(11)16-10-4-2-1-3-5-10/h1-2,4-5,8-9,16H,6-7,15H2. The number of nitrogen functional groups attached to an aromatic ring is 1. The molecule has 0 bridgehead atoms. The van der Waals surface area contributed by atoms with E-state index in [0.29, 0.717) is 24.7 Å². The molecule has 0 saturated heterocycles. The van der Waals surface area contributed by atoms with Gasteiger partial charge in [-0.3, -0.25) is 0 Å². The minimum absolute atomic E-state index is 0.562. The Bertz CT molecular complexity index is 555. The van der Waals surface area contributed by atoms with Crippen LogP contribution in [-0.2, 0) is 0 Å². The Morgan fingerprint density at radius 3 is 2.67 bits per heavy atom. The van der Waals surface area contributed by atoms with Gasteiger partial charge in [0.1, 0.15) is 13.2 Å². The van der Waals surface area contributed by atoms with Gasteiger partial charge in [0, 0.05) is 17.8 Å². The molecule has 1 aliphatic rings. The summed E-state index contributed by atoms with van der Waals surface area (Å²) < 4.78 is 11.0. The van der Waals surface area contributed by atoms with E-state index in [1.54, 1.807) is 6.07 Å². The summed E-state index contributed by atoms with van der Waals surface area (Å²) in [5, 5.41) is 3.23. The van der Waals surface area contributed by atoms with Gasteiger partial charge in [0.2, 0.25) is 0 Å². The molecule has 3 N–H and O–H groups in total. The maximum atomic E-state index is 5.98. The van der Waals surface area contributed by atoms with Crippen molar-refractivity contribution in [2.75, 3.05) is 24.3 Å². The van der Waals surface area contributed by atoms with Gasteiger partial charge in [-0.15, -0.1) is 0 Å². The van der Waals surface area contributed by atoms with Crippen LogP contribution in [0, 0.1) is 6.07 Å². The van der Waals surface area contributed by atoms with Gasteiger partial charge in [0.15, 0.2) is 11.5 Å². The van der Waals surface area contributed by atoms with Crippen molar-refractivity contribution in [3.05, 3.63) is 42.5 Å². The molecule has 0 saturated carbocycles. The molecule has 0 atom stereocenters. The Balaban J connectivity index is 1.92. The zero-order valence-corrected chi connectivity index (χ0v) is 9.77. The average molecular weight is 241 g/mol. The van der Waals surface area contributed by atoms with Crippen LogP contribution in [0.25, 0.3) is 0 Å². The first kappa shape index (κ1) is 10.8. The van der Waals surface area contributed by atoms with Crippen molar-refractivity contribution in [2.45, 2.75) is 0 Å². The molecule has 0 amide bonds. The minimum atomic E-state index is 0.562. The van der Waals surface area contributed by atoms with Crippen molar-refractivity contribution in [1.82, 2.24) is 0 Å². The Morgan fingerprint density at radius 1 is 1.17 bits per heavy atom. The van der Waals surface area contributed by atoms with Crippen molar-refractivity contribution < 1.29 is 9.47 Å². The third-order valence-electron chi connectivity index (χ3n) is 2.70. The molecule has 2 aromatic carbocycles. The highest BCUT2D eigenvalue weighted by Crippen LogP contribution is 2.37. The summed E-state index contributed by atoms with van der Waals surface area (Å²) in [5.74, 6) is 1.42. The molecular formula is C14H13N2O2. The molecule has 0 fully saturated rings. The van der Waals surface area contributed by atoms with E-state index in [4.69, 9.17) is 15.2 Å². The summed E-state index contributed by atoms with van der Waals surface area (Å²) >= 11 is 0. The Hall–Kier alpha value is -2.36. The largest absolute Gasteiger partial charge is 0.486 e. The number of anilines is 3. The number of rotatable bonds is 2. The van der Waals surface area contributed by atoms with E-state index >= 15 is 0 Å². The molecule has 0 unspecified atom stereocenters. The summed E-state index contributed by atoms with van der Waals surface area (Å²) in [6, 6.07) is 14.2. The lowest BCUT2D eigenvalue weighted by atomic mass is 10.2. The molecule has 18 heavy (non-hydrogen) atoms. The van der Waals surface area contributed by atoms with Gasteiger partial charge in [-0.1, -0.05) is 12.1 Å². The minimum Gasteiger partial charge on any atom is -0.486 e. The van der Waals surface area contributed by atoms with E-state index in [2.05, 4.69) is 11.4 Å². The fourth-order valence-corrected chi connectivity index (χ4v) is 1.84. The summed E-state index contributed by atoms with van der Waals surface area (Å²) in [5.41, 5.74) is 8.35. The maximum absolute atomic E-state index is 5.98. The second kappa shape index (κ2) is 4.49. The quantitative estimate of drug-likeness (QED) is 0.793. The first-order valence-corrected chi connectivity index (χ1v) is 5.75. The van der Waals surface area contributed by atoms with Gasteiger partial charge in [-0.25, -0.2) is 0 Å². The second-order valence-corrected chi connectivity index (χ2v) is 4.00. The molecule has 0 aliphatic carbocycles. The molecule has 0 aromatic heterocycles. The molecule has 91 valence electrons. The van der Waals surface area contributed by atoms with E-state index < -0.39 is 0 Å². The monoisotopic (exact) mass is 241 g/mol. The lowest BCUT2D eigenvalue weighted by Gasteiger charge is -2.20. The SMILES string of the molecule is Nc1cc2c(cc1Nc1c[c]ccc1)OCCO2. The summed E-state index contributed by atoms with van der Waals surface area (Å²) in [7, 11) is 0. The average Bonchev–Trinajstić information content (AvgIpc) is 2.41. The van der Waals surface area contributed by atoms with Crippen LogP contribution in [0.15, 0.2) is 36.4 Å². The van der Waals surface area contributed by atoms with Gasteiger partial charge in [-0.2, -0.15) is 0 Å². The zero-order valence-electron chi connectivity index (χ0n) is 9.77. The van der Waals surface area contributed by atoms with Crippen molar-refractivity contribution in [2.24, 2.45) is 0 Å². The van der Waals surface area contributed by atoms with Crippen molar-refractivity contribution in [1.29, 1.82) is 0 Å². The van der Waals surface area contributed by atoms with Crippen LogP contribution in [0.3, 0.4) is 0 Å². The van der Waals surface area contributed by atoms with Gasteiger partial charge in [0.25, 0.3) is 0 Å². The van der Waals surface area contributed by atoms with Crippen molar-refractivity contribution in [3.63, 3.8) is 0 Å². The van der Waals surface area contributed by atoms with Crippen LogP contribution in [0.1, 0.15) is 0 Å². The smallest absolute Gasteiger partial charge is 0.163 e. The van der Waals surface area contributed by atoms with Crippen molar-refractivity contribution in [3.8, 4) is 11.5 Å². The number of nitrogens with one attached hydrogen (secondary N) is 1. The van der Waals surface area contributed by atoms with Crippen LogP contribution in [0.2, 0.25) is 0 Å². The van der Waals surface area contributed by atoms with Gasteiger partial charge in [-0.05, 0) is 18.2 Å². The van der Waals surface area contributed by atoms with Crippen LogP contribution >= 0.6 is 0 Å². The predicted octanol–water partition coefficient (Wildman–Crippen LogP) is 2.58. The van der Waals surface area contributed by atoms with Crippen LogP contribution in [0.4, 0.5) is 17.1 Å². The maximum Gasteiger partial charge on any atom is 0.163 e. The molecule has 2 aromatic rings. The molecule has 3 rings (SSSR count). The third-order valence-corrected chi connectivity index (χ3v) is 2.70. The van der Waals surface area contributed by atoms with Gasteiger partial charge in [0.05, 0.1) is 11.4 Å². The van der Waals surface area contributed by atoms with Gasteiger partial charge < -0.3 is 20.5 Å². The van der Waals surface area contributed by atoms with E-state index in [9.17, 15) is 0 Å². The van der Waals surface area contributed by atoms with E-state index in [1.807, 2.05) is 30.3 Å². The topological polar surface area (TPSA) is 56.5 Å². The molecule has 1 radical (unpaired) electrons. The highest BCUT2D eigenvalue weighted by molar-refractivity contribution is 5.76. The van der Waals surface area contributed by atoms with E-state index in [-0.39, 0.29) is 0 Å². The Kier molecular flexibility index (Phi) is 2.68. The summed E-state index contributed by atoms with van der Waals surface area (Å²) in [4.78, 5) is 0. The fourth-order valence-electron chi connectivity index (χ4n) is 1.84. The lowest BCUT2D eigenvalue weighted by molar-refractivity contribution is 0.172. The number of benzene rings is 2. The second-order valence-electron chi connectivity index (χ2n) is 4.00. The first-order chi connectivity index (χ1) is 8.83. The van der Waals surface area contributed by atoms with Crippen LogP contribution < -0.4 is 20.5 Å². The van der Waals surface area contributed by atoms with E-state index in [1.165, 1.54) is 0 Å². The van der Waals surface area contributed by atoms with Gasteiger partial charge >= 0.3 is 0 Å². The van der Waals surface area contributed by atoms with Crippen molar-refractivity contribution >= 4 is 17.1 Å². The number of fused-ring (bicyclic) bond motifs is 1. The third kappa shape index (κ3) is 2.05. The van der Waals surface area contributed by atoms with Crippen LogP contribution in [-0.4, -0.2) is 13.2 Å². The molecular weight excluding hydrogens is 228 g/mol. The number of ether oxygens (including phenoxy) is 2. The molecule has 1 heterocycles. The Morgan fingerprint density at radius 2 is 1.94 bits per heavy atom. The molecule has 4 nitrogen and oxygen atoms in total. The zero-order chi connectivity index (χ0) is 12.4. The van der Waals surface area contributed by atoms with E-state index in [0.717, 1.165) is 17.1 Å². The van der Waals surface area contributed by atoms with Crippen LogP contribution in [0.5, 0.6) is 11.5 Å². The number of hydrogen-bond acceptors (Lipinski definition) is 4. The highest BCUT2D eigenvalue weighted by Gasteiger charge is 2.14. The predicted molar refractivity (Wildman–Crippen MR) is 70.4 cm³/mol. The molecule has 1 aliphatic heterocycles. The first-order valence-electron chi connectivity index (χ1n) is 5.75. The Labute approximate surface area is 105 Å².